The van der Waals surface area contributed by atoms with Gasteiger partial charge in [-0.15, -0.1) is 0 Å². The summed E-state index contributed by atoms with van der Waals surface area (Å²) < 4.78 is 2.24. The van der Waals surface area contributed by atoms with E-state index in [2.05, 4.69) is 47.2 Å². The molecule has 1 saturated carbocycles. The number of para-hydroxylation sites is 1. The van der Waals surface area contributed by atoms with Crippen LogP contribution in [0.5, 0.6) is 0 Å². The van der Waals surface area contributed by atoms with E-state index >= 15 is 0 Å². The van der Waals surface area contributed by atoms with Gasteiger partial charge in [0.15, 0.2) is 0 Å². The molecule has 0 radical (unpaired) electrons. The average Bonchev–Trinajstić information content (AvgIpc) is 3.23. The van der Waals surface area contributed by atoms with Crippen LogP contribution in [0.2, 0.25) is 5.02 Å². The second kappa shape index (κ2) is 6.00. The summed E-state index contributed by atoms with van der Waals surface area (Å²) in [5.41, 5.74) is 3.13. The van der Waals surface area contributed by atoms with E-state index in [1.807, 2.05) is 18.2 Å². The Morgan fingerprint density at radius 2 is 1.75 bits per heavy atom. The first-order valence-corrected chi connectivity index (χ1v) is 8.84. The number of halogens is 1. The Balaban J connectivity index is 1.86. The molecule has 0 atom stereocenters. The third-order valence-electron chi connectivity index (χ3n) is 5.27. The molecule has 0 spiro atoms. The van der Waals surface area contributed by atoms with Crippen LogP contribution in [0, 0.1) is 11.3 Å². The summed E-state index contributed by atoms with van der Waals surface area (Å²) in [5.74, 6) is 0. The summed E-state index contributed by atoms with van der Waals surface area (Å²) in [6.07, 6.45) is 6.38. The zero-order valence-corrected chi connectivity index (χ0v) is 14.3. The van der Waals surface area contributed by atoms with E-state index < -0.39 is 0 Å². The maximum atomic E-state index is 9.89. The SMILES string of the molecule is N#CC1(c2cn(Cc3ccccc3Cl)c3ccccc23)CCCC1. The highest BCUT2D eigenvalue weighted by Crippen LogP contribution is 2.44. The number of benzene rings is 2. The van der Waals surface area contributed by atoms with Gasteiger partial charge in [-0.3, -0.25) is 0 Å². The van der Waals surface area contributed by atoms with Crippen LogP contribution in [-0.2, 0) is 12.0 Å². The van der Waals surface area contributed by atoms with Crippen molar-refractivity contribution in [2.45, 2.75) is 37.6 Å². The molecule has 2 aromatic carbocycles. The van der Waals surface area contributed by atoms with Crippen molar-refractivity contribution in [1.82, 2.24) is 4.57 Å². The molecular weight excluding hydrogens is 316 g/mol. The van der Waals surface area contributed by atoms with Gasteiger partial charge in [-0.25, -0.2) is 0 Å². The molecule has 1 aromatic heterocycles. The molecule has 3 aromatic rings. The molecule has 1 fully saturated rings. The van der Waals surface area contributed by atoms with Gasteiger partial charge in [0.25, 0.3) is 0 Å². The molecule has 0 bridgehead atoms. The molecule has 2 nitrogen and oxygen atoms in total. The van der Waals surface area contributed by atoms with Gasteiger partial charge in [-0.05, 0) is 36.1 Å². The minimum absolute atomic E-state index is 0.328. The van der Waals surface area contributed by atoms with Crippen molar-refractivity contribution in [2.75, 3.05) is 0 Å². The van der Waals surface area contributed by atoms with Crippen LogP contribution in [-0.4, -0.2) is 4.57 Å². The Hall–Kier alpha value is -2.24. The summed E-state index contributed by atoms with van der Waals surface area (Å²) in [4.78, 5) is 0. The lowest BCUT2D eigenvalue weighted by Gasteiger charge is -2.19. The van der Waals surface area contributed by atoms with Crippen LogP contribution < -0.4 is 0 Å². The summed E-state index contributed by atoms with van der Waals surface area (Å²) in [6, 6.07) is 19.0. The second-order valence-corrected chi connectivity index (χ2v) is 7.09. The van der Waals surface area contributed by atoms with Gasteiger partial charge in [-0.2, -0.15) is 5.26 Å². The van der Waals surface area contributed by atoms with E-state index in [0.717, 1.165) is 42.8 Å². The lowest BCUT2D eigenvalue weighted by atomic mass is 9.80. The lowest BCUT2D eigenvalue weighted by Crippen LogP contribution is -2.18. The molecule has 120 valence electrons. The molecule has 0 N–H and O–H groups in total. The van der Waals surface area contributed by atoms with E-state index in [0.29, 0.717) is 0 Å². The third kappa shape index (κ3) is 2.41. The summed E-state index contributed by atoms with van der Waals surface area (Å²) in [6.45, 7) is 0.724. The number of hydrogen-bond donors (Lipinski definition) is 0. The predicted octanol–water partition coefficient (Wildman–Crippen LogP) is 5.68. The minimum atomic E-state index is -0.328. The molecule has 24 heavy (non-hydrogen) atoms. The highest BCUT2D eigenvalue weighted by Gasteiger charge is 2.38. The maximum absolute atomic E-state index is 9.89. The van der Waals surface area contributed by atoms with E-state index in [9.17, 15) is 5.26 Å². The summed E-state index contributed by atoms with van der Waals surface area (Å²) >= 11 is 6.35. The minimum Gasteiger partial charge on any atom is -0.343 e. The van der Waals surface area contributed by atoms with Crippen molar-refractivity contribution in [3.63, 3.8) is 0 Å². The number of nitriles is 1. The van der Waals surface area contributed by atoms with Gasteiger partial charge in [0.1, 0.15) is 0 Å². The van der Waals surface area contributed by atoms with Gasteiger partial charge in [0, 0.05) is 28.7 Å². The van der Waals surface area contributed by atoms with E-state index in [1.165, 1.54) is 16.5 Å². The highest BCUT2D eigenvalue weighted by atomic mass is 35.5. The monoisotopic (exact) mass is 334 g/mol. The zero-order chi connectivity index (χ0) is 16.6. The number of fused-ring (bicyclic) bond motifs is 1. The Morgan fingerprint density at radius 3 is 2.50 bits per heavy atom. The predicted molar refractivity (Wildman–Crippen MR) is 98.3 cm³/mol. The van der Waals surface area contributed by atoms with E-state index in [4.69, 9.17) is 11.6 Å². The third-order valence-corrected chi connectivity index (χ3v) is 5.64. The van der Waals surface area contributed by atoms with Crippen molar-refractivity contribution in [3.8, 4) is 6.07 Å². The molecule has 0 aliphatic heterocycles. The summed E-state index contributed by atoms with van der Waals surface area (Å²) in [7, 11) is 0. The second-order valence-electron chi connectivity index (χ2n) is 6.68. The van der Waals surface area contributed by atoms with Gasteiger partial charge in [0.2, 0.25) is 0 Å². The van der Waals surface area contributed by atoms with Crippen molar-refractivity contribution in [3.05, 3.63) is 70.9 Å². The highest BCUT2D eigenvalue weighted by molar-refractivity contribution is 6.31. The van der Waals surface area contributed by atoms with Crippen LogP contribution in [0.3, 0.4) is 0 Å². The topological polar surface area (TPSA) is 28.7 Å². The molecule has 0 unspecified atom stereocenters. The van der Waals surface area contributed by atoms with Crippen LogP contribution in [0.1, 0.15) is 36.8 Å². The molecule has 0 amide bonds. The maximum Gasteiger partial charge on any atom is 0.0843 e. The first-order valence-electron chi connectivity index (χ1n) is 8.46. The van der Waals surface area contributed by atoms with Crippen LogP contribution in [0.15, 0.2) is 54.7 Å². The van der Waals surface area contributed by atoms with Crippen molar-refractivity contribution >= 4 is 22.5 Å². The molecule has 0 saturated heterocycles. The Bertz CT molecular complexity index is 926. The first-order chi connectivity index (χ1) is 11.7. The molecule has 1 aliphatic rings. The Labute approximate surface area is 147 Å². The number of rotatable bonds is 3. The smallest absolute Gasteiger partial charge is 0.0843 e. The molecule has 4 rings (SSSR count). The Morgan fingerprint density at radius 1 is 1.04 bits per heavy atom. The fraction of sp³-hybridized carbons (Fsp3) is 0.286. The van der Waals surface area contributed by atoms with E-state index in [-0.39, 0.29) is 5.41 Å². The fourth-order valence-corrected chi connectivity index (χ4v) is 4.18. The molecule has 1 aliphatic carbocycles. The molecule has 1 heterocycles. The normalized spacial score (nSPS) is 16.3. The Kier molecular flexibility index (Phi) is 3.82. The lowest BCUT2D eigenvalue weighted by molar-refractivity contribution is 0.575. The standard InChI is InChI=1S/C21H19ClN2/c22-19-9-3-1-7-16(19)13-24-14-18(17-8-2-4-10-20(17)24)21(15-23)11-5-6-12-21/h1-4,7-10,14H,5-6,11-13H2. The number of aromatic nitrogens is 1. The quantitative estimate of drug-likeness (QED) is 0.605. The first kappa shape index (κ1) is 15.3. The fourth-order valence-electron chi connectivity index (χ4n) is 3.99. The van der Waals surface area contributed by atoms with Crippen LogP contribution >= 0.6 is 11.6 Å². The van der Waals surface area contributed by atoms with Gasteiger partial charge in [0.05, 0.1) is 11.5 Å². The van der Waals surface area contributed by atoms with Crippen molar-refractivity contribution in [1.29, 1.82) is 5.26 Å². The molecular formula is C21H19ClN2. The zero-order valence-electron chi connectivity index (χ0n) is 13.5. The summed E-state index contributed by atoms with van der Waals surface area (Å²) in [5, 5.41) is 11.9. The van der Waals surface area contributed by atoms with Crippen molar-refractivity contribution < 1.29 is 0 Å². The van der Waals surface area contributed by atoms with Crippen molar-refractivity contribution in [2.24, 2.45) is 0 Å². The van der Waals surface area contributed by atoms with Gasteiger partial charge < -0.3 is 4.57 Å². The van der Waals surface area contributed by atoms with Gasteiger partial charge in [-0.1, -0.05) is 60.8 Å². The van der Waals surface area contributed by atoms with Crippen LogP contribution in [0.25, 0.3) is 10.9 Å². The number of nitrogens with zero attached hydrogens (tertiary/aromatic N) is 2. The molecule has 3 heteroatoms. The largest absolute Gasteiger partial charge is 0.343 e. The number of hydrogen-bond acceptors (Lipinski definition) is 1. The average molecular weight is 335 g/mol. The van der Waals surface area contributed by atoms with E-state index in [1.54, 1.807) is 0 Å². The van der Waals surface area contributed by atoms with Gasteiger partial charge >= 0.3 is 0 Å². The van der Waals surface area contributed by atoms with Crippen LogP contribution in [0.4, 0.5) is 0 Å².